The summed E-state index contributed by atoms with van der Waals surface area (Å²) in [4.78, 5) is 38.7. The molecule has 0 spiro atoms. The molecule has 0 atom stereocenters. The summed E-state index contributed by atoms with van der Waals surface area (Å²) >= 11 is 9.47. The van der Waals surface area contributed by atoms with Crippen molar-refractivity contribution in [1.82, 2.24) is 5.32 Å². The summed E-state index contributed by atoms with van der Waals surface area (Å²) in [6.45, 7) is 1.70. The Morgan fingerprint density at radius 2 is 2.03 bits per heavy atom. The molecule has 0 radical (unpaired) electrons. The van der Waals surface area contributed by atoms with Crippen LogP contribution in [0.25, 0.3) is 6.08 Å². The molecular weight excluding hydrogens is 460 g/mol. The number of hydrogen-bond acceptors (Lipinski definition) is 4. The van der Waals surface area contributed by atoms with Crippen LogP contribution in [-0.4, -0.2) is 24.5 Å². The van der Waals surface area contributed by atoms with Gasteiger partial charge in [-0.15, -0.1) is 6.42 Å². The number of anilines is 1. The number of hydrogen-bond donors (Lipinski definition) is 1. The van der Waals surface area contributed by atoms with Crippen LogP contribution >= 0.6 is 27.5 Å². The third kappa shape index (κ3) is 4.19. The van der Waals surface area contributed by atoms with Crippen LogP contribution in [0, 0.1) is 19.3 Å². The molecular formula is C21H14BrClN2O4. The number of urea groups is 1. The summed E-state index contributed by atoms with van der Waals surface area (Å²) in [5.74, 6) is 1.17. The predicted molar refractivity (Wildman–Crippen MR) is 114 cm³/mol. The van der Waals surface area contributed by atoms with Crippen LogP contribution < -0.4 is 15.0 Å². The summed E-state index contributed by atoms with van der Waals surface area (Å²) in [5, 5.41) is 2.57. The number of benzene rings is 2. The molecule has 146 valence electrons. The number of nitrogens with zero attached hydrogens (tertiary/aromatic N) is 1. The van der Waals surface area contributed by atoms with Gasteiger partial charge >= 0.3 is 6.03 Å². The lowest BCUT2D eigenvalue weighted by atomic mass is 10.0. The van der Waals surface area contributed by atoms with Gasteiger partial charge in [-0.05, 0) is 48.9 Å². The first-order valence-corrected chi connectivity index (χ1v) is 9.53. The first-order valence-electron chi connectivity index (χ1n) is 8.36. The summed E-state index contributed by atoms with van der Waals surface area (Å²) in [6, 6.07) is 9.05. The van der Waals surface area contributed by atoms with Crippen LogP contribution in [0.1, 0.15) is 11.1 Å². The maximum atomic E-state index is 13.1. The van der Waals surface area contributed by atoms with Gasteiger partial charge in [0.1, 0.15) is 17.9 Å². The van der Waals surface area contributed by atoms with Gasteiger partial charge in [0, 0.05) is 15.1 Å². The largest absolute Gasteiger partial charge is 0.480 e. The number of rotatable bonds is 4. The fourth-order valence-corrected chi connectivity index (χ4v) is 3.30. The van der Waals surface area contributed by atoms with Gasteiger partial charge in [-0.1, -0.05) is 39.5 Å². The van der Waals surface area contributed by atoms with E-state index < -0.39 is 17.8 Å². The Kier molecular flexibility index (Phi) is 6.06. The Morgan fingerprint density at radius 3 is 2.76 bits per heavy atom. The Morgan fingerprint density at radius 1 is 1.28 bits per heavy atom. The van der Waals surface area contributed by atoms with Crippen molar-refractivity contribution in [1.29, 1.82) is 0 Å². The summed E-state index contributed by atoms with van der Waals surface area (Å²) in [6.07, 6.45) is 6.59. The molecule has 0 unspecified atom stereocenters. The summed E-state index contributed by atoms with van der Waals surface area (Å²) in [5.41, 5.74) is 1.04. The van der Waals surface area contributed by atoms with Crippen molar-refractivity contribution in [2.75, 3.05) is 11.5 Å². The van der Waals surface area contributed by atoms with Crippen molar-refractivity contribution in [2.24, 2.45) is 0 Å². The molecule has 3 rings (SSSR count). The van der Waals surface area contributed by atoms with Crippen LogP contribution in [0.4, 0.5) is 10.5 Å². The number of carbonyl (C=O) groups is 3. The van der Waals surface area contributed by atoms with E-state index >= 15 is 0 Å². The van der Waals surface area contributed by atoms with E-state index in [1.807, 2.05) is 0 Å². The Labute approximate surface area is 180 Å². The number of amides is 4. The first kappa shape index (κ1) is 20.6. The van der Waals surface area contributed by atoms with Gasteiger partial charge in [-0.25, -0.2) is 9.69 Å². The van der Waals surface area contributed by atoms with Gasteiger partial charge in [0.15, 0.2) is 0 Å². The van der Waals surface area contributed by atoms with Gasteiger partial charge < -0.3 is 4.74 Å². The number of ether oxygens (including phenoxy) is 1. The highest BCUT2D eigenvalue weighted by Crippen LogP contribution is 2.31. The molecule has 1 aliphatic heterocycles. The number of nitrogens with one attached hydrogen (secondary N) is 1. The molecule has 8 heteroatoms. The lowest BCUT2D eigenvalue weighted by Gasteiger charge is -2.27. The van der Waals surface area contributed by atoms with Crippen LogP contribution in [0.5, 0.6) is 5.75 Å². The Balaban J connectivity index is 2.08. The number of halogens is 2. The maximum absolute atomic E-state index is 13.1. The smallest absolute Gasteiger partial charge is 0.335 e. The van der Waals surface area contributed by atoms with Gasteiger partial charge in [0.05, 0.1) is 5.69 Å². The molecule has 1 saturated heterocycles. The third-order valence-electron chi connectivity index (χ3n) is 4.16. The lowest BCUT2D eigenvalue weighted by Crippen LogP contribution is -2.54. The van der Waals surface area contributed by atoms with Crippen LogP contribution in [0.3, 0.4) is 0 Å². The second kappa shape index (κ2) is 8.52. The molecule has 1 aliphatic rings. The van der Waals surface area contributed by atoms with E-state index in [2.05, 4.69) is 27.2 Å². The van der Waals surface area contributed by atoms with Gasteiger partial charge in [-0.2, -0.15) is 0 Å². The minimum absolute atomic E-state index is 0.0181. The van der Waals surface area contributed by atoms with Gasteiger partial charge in [0.2, 0.25) is 0 Å². The number of terminal acetylenes is 1. The molecule has 0 aromatic heterocycles. The lowest BCUT2D eigenvalue weighted by molar-refractivity contribution is -0.122. The number of carbonyl (C=O) groups excluding carboxylic acids is 3. The molecule has 1 heterocycles. The Hall–Kier alpha value is -3.08. The quantitative estimate of drug-likeness (QED) is 0.412. The minimum Gasteiger partial charge on any atom is -0.480 e. The normalized spacial score (nSPS) is 15.3. The molecule has 6 nitrogen and oxygen atoms in total. The van der Waals surface area contributed by atoms with Crippen molar-refractivity contribution < 1.29 is 19.1 Å². The molecule has 0 aliphatic carbocycles. The van der Waals surface area contributed by atoms with Crippen LogP contribution in [-0.2, 0) is 9.59 Å². The molecule has 2 aromatic rings. The highest BCUT2D eigenvalue weighted by atomic mass is 79.9. The average Bonchev–Trinajstić information content (AvgIpc) is 2.67. The van der Waals surface area contributed by atoms with Crippen molar-refractivity contribution >= 4 is 57.1 Å². The van der Waals surface area contributed by atoms with Crippen molar-refractivity contribution in [3.8, 4) is 18.1 Å². The third-order valence-corrected chi connectivity index (χ3v) is 5.07. The molecule has 29 heavy (non-hydrogen) atoms. The van der Waals surface area contributed by atoms with Crippen molar-refractivity contribution in [3.63, 3.8) is 0 Å². The molecule has 1 N–H and O–H groups in total. The zero-order valence-corrected chi connectivity index (χ0v) is 17.5. The predicted octanol–water partition coefficient (Wildman–Crippen LogP) is 4.09. The van der Waals surface area contributed by atoms with Gasteiger partial charge in [0.25, 0.3) is 11.8 Å². The molecule has 4 amide bonds. The van der Waals surface area contributed by atoms with Gasteiger partial charge in [-0.3, -0.25) is 14.9 Å². The standard InChI is InChI=1S/C21H14BrClN2O4/c1-3-9-29-18-8-7-14(22)10-13(18)11-15-19(26)24-21(28)25(20(15)27)17-6-4-5-16(23)12(17)2/h1,4-8,10-11H,9H2,2H3,(H,24,26,28)/b15-11+. The van der Waals surface area contributed by atoms with E-state index in [0.29, 0.717) is 26.4 Å². The van der Waals surface area contributed by atoms with E-state index in [4.69, 9.17) is 22.8 Å². The maximum Gasteiger partial charge on any atom is 0.335 e. The summed E-state index contributed by atoms with van der Waals surface area (Å²) in [7, 11) is 0. The molecule has 0 saturated carbocycles. The molecule has 1 fully saturated rings. The minimum atomic E-state index is -0.847. The van der Waals surface area contributed by atoms with Crippen molar-refractivity contribution in [2.45, 2.75) is 6.92 Å². The van der Waals surface area contributed by atoms with E-state index in [9.17, 15) is 14.4 Å². The fourth-order valence-electron chi connectivity index (χ4n) is 2.75. The molecule has 0 bridgehead atoms. The van der Waals surface area contributed by atoms with E-state index in [-0.39, 0.29) is 17.9 Å². The number of imide groups is 2. The monoisotopic (exact) mass is 472 g/mol. The van der Waals surface area contributed by atoms with E-state index in [1.165, 1.54) is 6.08 Å². The van der Waals surface area contributed by atoms with E-state index in [0.717, 1.165) is 4.90 Å². The second-order valence-electron chi connectivity index (χ2n) is 6.02. The zero-order chi connectivity index (χ0) is 21.1. The van der Waals surface area contributed by atoms with Crippen LogP contribution in [0.2, 0.25) is 5.02 Å². The zero-order valence-electron chi connectivity index (χ0n) is 15.2. The number of barbiturate groups is 1. The SMILES string of the molecule is C#CCOc1ccc(Br)cc1/C=C1\C(=O)NC(=O)N(c2cccc(Cl)c2C)C1=O. The summed E-state index contributed by atoms with van der Waals surface area (Å²) < 4.78 is 6.19. The molecule has 2 aromatic carbocycles. The topological polar surface area (TPSA) is 75.7 Å². The first-order chi connectivity index (χ1) is 13.8. The Bertz CT molecular complexity index is 1100. The second-order valence-corrected chi connectivity index (χ2v) is 7.34. The van der Waals surface area contributed by atoms with Crippen LogP contribution in [0.15, 0.2) is 46.4 Å². The van der Waals surface area contributed by atoms with Crippen molar-refractivity contribution in [3.05, 3.63) is 62.6 Å². The fraction of sp³-hybridized carbons (Fsp3) is 0.0952. The highest BCUT2D eigenvalue weighted by molar-refractivity contribution is 9.10. The average molecular weight is 474 g/mol. The highest BCUT2D eigenvalue weighted by Gasteiger charge is 2.37. The van der Waals surface area contributed by atoms with E-state index in [1.54, 1.807) is 43.3 Å².